The van der Waals surface area contributed by atoms with Crippen LogP contribution < -0.4 is 11.1 Å². The van der Waals surface area contributed by atoms with Crippen LogP contribution in [0.5, 0.6) is 0 Å². The minimum Gasteiger partial charge on any atom is -0.370 e. The van der Waals surface area contributed by atoms with Crippen molar-refractivity contribution < 1.29 is 9.18 Å². The van der Waals surface area contributed by atoms with Gasteiger partial charge in [0.1, 0.15) is 5.82 Å². The Kier molecular flexibility index (Phi) is 7.21. The van der Waals surface area contributed by atoms with E-state index in [0.717, 1.165) is 43.5 Å². The molecule has 0 aliphatic carbocycles. The lowest BCUT2D eigenvalue weighted by Gasteiger charge is -2.31. The van der Waals surface area contributed by atoms with Gasteiger partial charge in [0, 0.05) is 12.0 Å². The lowest BCUT2D eigenvalue weighted by Crippen LogP contribution is -2.33. The standard InChI is InChI=1S/C24H31FN2O/c1-17-6-4-7-18(14-17)22-15-19(11-12-23(22)25)21(9-2-3-10-24(26)28)20-8-5-13-27-16-20/h4,6-7,11-12,14-15,20-21,27H,2-3,5,8-10,13,16H2,1H3,(H2,26,28)/t20-,21+/m1/s1. The summed E-state index contributed by atoms with van der Waals surface area (Å²) in [6.45, 7) is 4.10. The Morgan fingerprint density at radius 3 is 2.82 bits per heavy atom. The quantitative estimate of drug-likeness (QED) is 0.636. The molecule has 28 heavy (non-hydrogen) atoms. The highest BCUT2D eigenvalue weighted by atomic mass is 19.1. The largest absolute Gasteiger partial charge is 0.370 e. The summed E-state index contributed by atoms with van der Waals surface area (Å²) in [5.41, 5.74) is 9.21. The van der Waals surface area contributed by atoms with Crippen molar-refractivity contribution in [3.63, 3.8) is 0 Å². The van der Waals surface area contributed by atoms with E-state index in [1.807, 2.05) is 43.3 Å². The number of carbonyl (C=O) groups excluding carboxylic acids is 1. The Bertz CT molecular complexity index is 799. The second-order valence-corrected chi connectivity index (χ2v) is 8.03. The van der Waals surface area contributed by atoms with Crippen LogP contribution in [-0.2, 0) is 4.79 Å². The molecule has 2 atom stereocenters. The third kappa shape index (κ3) is 5.41. The van der Waals surface area contributed by atoms with Gasteiger partial charge in [0.2, 0.25) is 5.91 Å². The van der Waals surface area contributed by atoms with Crippen molar-refractivity contribution in [1.29, 1.82) is 0 Å². The van der Waals surface area contributed by atoms with Crippen molar-refractivity contribution in [3.8, 4) is 11.1 Å². The van der Waals surface area contributed by atoms with Crippen LogP contribution in [0.4, 0.5) is 4.39 Å². The molecule has 150 valence electrons. The summed E-state index contributed by atoms with van der Waals surface area (Å²) in [6.07, 6.45) is 5.57. The molecule has 0 aromatic heterocycles. The molecule has 1 amide bonds. The summed E-state index contributed by atoms with van der Waals surface area (Å²) in [4.78, 5) is 11.1. The van der Waals surface area contributed by atoms with Crippen LogP contribution in [0.3, 0.4) is 0 Å². The van der Waals surface area contributed by atoms with E-state index in [0.29, 0.717) is 23.8 Å². The number of piperidine rings is 1. The van der Waals surface area contributed by atoms with Crippen LogP contribution in [0.2, 0.25) is 0 Å². The Hall–Kier alpha value is -2.20. The molecule has 4 heteroatoms. The zero-order valence-electron chi connectivity index (χ0n) is 16.7. The molecule has 1 fully saturated rings. The Morgan fingerprint density at radius 2 is 2.11 bits per heavy atom. The topological polar surface area (TPSA) is 55.1 Å². The number of nitrogens with two attached hydrogens (primary N) is 1. The van der Waals surface area contributed by atoms with Crippen LogP contribution in [0, 0.1) is 18.7 Å². The van der Waals surface area contributed by atoms with Gasteiger partial charge in [-0.3, -0.25) is 4.79 Å². The molecule has 1 aliphatic rings. The van der Waals surface area contributed by atoms with E-state index in [1.165, 1.54) is 18.4 Å². The Morgan fingerprint density at radius 1 is 1.25 bits per heavy atom. The van der Waals surface area contributed by atoms with Gasteiger partial charge < -0.3 is 11.1 Å². The molecular weight excluding hydrogens is 351 g/mol. The van der Waals surface area contributed by atoms with Crippen LogP contribution in [0.1, 0.15) is 55.6 Å². The lowest BCUT2D eigenvalue weighted by atomic mass is 9.78. The summed E-state index contributed by atoms with van der Waals surface area (Å²) < 4.78 is 14.6. The Labute approximate surface area is 167 Å². The average Bonchev–Trinajstić information content (AvgIpc) is 2.69. The van der Waals surface area contributed by atoms with Gasteiger partial charge in [-0.1, -0.05) is 42.3 Å². The van der Waals surface area contributed by atoms with Gasteiger partial charge >= 0.3 is 0 Å². The number of aryl methyl sites for hydroxylation is 1. The molecule has 0 saturated carbocycles. The molecular formula is C24H31FN2O. The predicted molar refractivity (Wildman–Crippen MR) is 113 cm³/mol. The van der Waals surface area contributed by atoms with Gasteiger partial charge in [0.05, 0.1) is 0 Å². The molecule has 3 N–H and O–H groups in total. The fourth-order valence-electron chi connectivity index (χ4n) is 4.37. The second kappa shape index (κ2) is 9.83. The number of hydrogen-bond donors (Lipinski definition) is 2. The van der Waals surface area contributed by atoms with E-state index in [2.05, 4.69) is 5.32 Å². The van der Waals surface area contributed by atoms with E-state index in [1.54, 1.807) is 6.07 Å². The molecule has 0 radical (unpaired) electrons. The third-order valence-corrected chi connectivity index (χ3v) is 5.84. The fraction of sp³-hybridized carbons (Fsp3) is 0.458. The highest BCUT2D eigenvalue weighted by Crippen LogP contribution is 2.36. The number of hydrogen-bond acceptors (Lipinski definition) is 2. The van der Waals surface area contributed by atoms with Crippen molar-refractivity contribution in [2.45, 2.75) is 51.4 Å². The van der Waals surface area contributed by atoms with Gasteiger partial charge in [-0.2, -0.15) is 0 Å². The molecule has 0 spiro atoms. The van der Waals surface area contributed by atoms with E-state index >= 15 is 0 Å². The first-order chi connectivity index (χ1) is 13.5. The molecule has 1 heterocycles. The van der Waals surface area contributed by atoms with Gasteiger partial charge in [0.25, 0.3) is 0 Å². The maximum atomic E-state index is 14.6. The van der Waals surface area contributed by atoms with Crippen LogP contribution >= 0.6 is 0 Å². The van der Waals surface area contributed by atoms with Crippen LogP contribution in [-0.4, -0.2) is 19.0 Å². The number of halogens is 1. The predicted octanol–water partition coefficient (Wildman–Crippen LogP) is 4.93. The summed E-state index contributed by atoms with van der Waals surface area (Å²) in [7, 11) is 0. The number of nitrogens with one attached hydrogen (secondary N) is 1. The van der Waals surface area contributed by atoms with Crippen LogP contribution in [0.25, 0.3) is 11.1 Å². The normalized spacial score (nSPS) is 18.0. The molecule has 1 aliphatic heterocycles. The smallest absolute Gasteiger partial charge is 0.217 e. The summed E-state index contributed by atoms with van der Waals surface area (Å²) >= 11 is 0. The van der Waals surface area contributed by atoms with Crippen molar-refractivity contribution in [1.82, 2.24) is 5.32 Å². The van der Waals surface area contributed by atoms with Gasteiger partial charge in [0.15, 0.2) is 0 Å². The maximum absolute atomic E-state index is 14.6. The summed E-state index contributed by atoms with van der Waals surface area (Å²) in [5, 5.41) is 3.51. The first-order valence-corrected chi connectivity index (χ1v) is 10.4. The Balaban J connectivity index is 1.85. The minimum atomic E-state index is -0.237. The van der Waals surface area contributed by atoms with Gasteiger partial charge in [-0.05, 0) is 80.8 Å². The molecule has 0 bridgehead atoms. The van der Waals surface area contributed by atoms with Crippen molar-refractivity contribution in [3.05, 3.63) is 59.4 Å². The number of rotatable bonds is 8. The van der Waals surface area contributed by atoms with E-state index in [9.17, 15) is 9.18 Å². The highest BCUT2D eigenvalue weighted by molar-refractivity contribution is 5.73. The number of unbranched alkanes of at least 4 members (excludes halogenated alkanes) is 1. The van der Waals surface area contributed by atoms with E-state index in [4.69, 9.17) is 5.73 Å². The van der Waals surface area contributed by atoms with Crippen LogP contribution in [0.15, 0.2) is 42.5 Å². The maximum Gasteiger partial charge on any atom is 0.217 e. The highest BCUT2D eigenvalue weighted by Gasteiger charge is 2.25. The average molecular weight is 383 g/mol. The third-order valence-electron chi connectivity index (χ3n) is 5.84. The molecule has 0 unspecified atom stereocenters. The van der Waals surface area contributed by atoms with Crippen molar-refractivity contribution >= 4 is 5.91 Å². The van der Waals surface area contributed by atoms with E-state index < -0.39 is 0 Å². The van der Waals surface area contributed by atoms with Gasteiger partial charge in [-0.25, -0.2) is 4.39 Å². The zero-order chi connectivity index (χ0) is 19.9. The van der Waals surface area contributed by atoms with Crippen molar-refractivity contribution in [2.24, 2.45) is 11.7 Å². The monoisotopic (exact) mass is 382 g/mol. The first-order valence-electron chi connectivity index (χ1n) is 10.4. The number of carbonyl (C=O) groups is 1. The molecule has 1 saturated heterocycles. The summed E-state index contributed by atoms with van der Waals surface area (Å²) in [5.74, 6) is 0.492. The SMILES string of the molecule is Cc1cccc(-c2cc([C@H](CCCCC(N)=O)[C@@H]3CCCNC3)ccc2F)c1. The number of benzene rings is 2. The minimum absolute atomic E-state index is 0.177. The summed E-state index contributed by atoms with van der Waals surface area (Å²) in [6, 6.07) is 13.6. The molecule has 2 aromatic rings. The van der Waals surface area contributed by atoms with E-state index in [-0.39, 0.29) is 11.7 Å². The second-order valence-electron chi connectivity index (χ2n) is 8.03. The van der Waals surface area contributed by atoms with Gasteiger partial charge in [-0.15, -0.1) is 0 Å². The van der Waals surface area contributed by atoms with Crippen molar-refractivity contribution in [2.75, 3.05) is 13.1 Å². The molecule has 3 nitrogen and oxygen atoms in total. The number of amides is 1. The number of primary amides is 1. The first kappa shape index (κ1) is 20.5. The molecule has 2 aromatic carbocycles. The lowest BCUT2D eigenvalue weighted by molar-refractivity contribution is -0.118. The zero-order valence-corrected chi connectivity index (χ0v) is 16.7. The fourth-order valence-corrected chi connectivity index (χ4v) is 4.37. The molecule has 3 rings (SSSR count).